The van der Waals surface area contributed by atoms with Crippen LogP contribution < -0.4 is 15.4 Å². The molecule has 1 aliphatic rings. The van der Waals surface area contributed by atoms with E-state index in [0.717, 1.165) is 31.9 Å². The highest BCUT2D eigenvalue weighted by Crippen LogP contribution is 2.22. The third kappa shape index (κ3) is 3.27. The summed E-state index contributed by atoms with van der Waals surface area (Å²) >= 11 is 0. The monoisotopic (exact) mass is 370 g/mol. The summed E-state index contributed by atoms with van der Waals surface area (Å²) in [5.74, 6) is 0.333. The van der Waals surface area contributed by atoms with E-state index in [4.69, 9.17) is 4.98 Å². The summed E-state index contributed by atoms with van der Waals surface area (Å²) in [6.07, 6.45) is 1.57. The highest BCUT2D eigenvalue weighted by Gasteiger charge is 2.23. The summed E-state index contributed by atoms with van der Waals surface area (Å²) in [6.45, 7) is 9.07. The minimum absolute atomic E-state index is 0.175. The van der Waals surface area contributed by atoms with Gasteiger partial charge in [0.1, 0.15) is 11.2 Å². The molecule has 0 bridgehead atoms. The van der Waals surface area contributed by atoms with Gasteiger partial charge in [0.2, 0.25) is 5.95 Å². The smallest absolute Gasteiger partial charge is 0.263 e. The van der Waals surface area contributed by atoms with Gasteiger partial charge < -0.3 is 9.80 Å². The van der Waals surface area contributed by atoms with E-state index in [2.05, 4.69) is 19.9 Å². The molecule has 0 aliphatic carbocycles. The van der Waals surface area contributed by atoms with Crippen LogP contribution in [0.4, 0.5) is 16.0 Å². The molecule has 0 radical (unpaired) electrons. The van der Waals surface area contributed by atoms with Crippen LogP contribution >= 0.6 is 0 Å². The molecule has 4 rings (SSSR count). The summed E-state index contributed by atoms with van der Waals surface area (Å²) < 4.78 is 14.9. The van der Waals surface area contributed by atoms with Crippen molar-refractivity contribution in [2.75, 3.05) is 36.0 Å². The maximum Gasteiger partial charge on any atom is 0.263 e. The van der Waals surface area contributed by atoms with Crippen molar-refractivity contribution in [1.29, 1.82) is 0 Å². The quantitative estimate of drug-likeness (QED) is 0.750. The standard InChI is InChI=1S/C19H23FN6O/c1-19(2,3)26-16-15(12-21-26)17(27)23-18(22-16)25-10-8-24(9-11-25)14-6-4-13(20)5-7-14/h4-7,12H,8-11H2,1-3H3,(H,22,23,27). The first-order chi connectivity index (χ1) is 12.8. The van der Waals surface area contributed by atoms with E-state index in [1.165, 1.54) is 12.1 Å². The number of aromatic amines is 1. The lowest BCUT2D eigenvalue weighted by molar-refractivity contribution is 0.366. The van der Waals surface area contributed by atoms with Crippen LogP contribution in [0.15, 0.2) is 35.3 Å². The zero-order valence-corrected chi connectivity index (χ0v) is 15.7. The van der Waals surface area contributed by atoms with Crippen molar-refractivity contribution < 1.29 is 4.39 Å². The molecule has 8 heteroatoms. The Kier molecular flexibility index (Phi) is 4.13. The van der Waals surface area contributed by atoms with Gasteiger partial charge in [0.05, 0.1) is 11.7 Å². The fourth-order valence-electron chi connectivity index (χ4n) is 3.38. The molecule has 2 aromatic heterocycles. The SMILES string of the molecule is CC(C)(C)n1ncc2c(=O)[nH]c(N3CCN(c4ccc(F)cc4)CC3)nc21. The van der Waals surface area contributed by atoms with E-state index in [9.17, 15) is 9.18 Å². The number of benzene rings is 1. The fraction of sp³-hybridized carbons (Fsp3) is 0.421. The predicted octanol–water partition coefficient (Wildman–Crippen LogP) is 2.34. The van der Waals surface area contributed by atoms with Crippen LogP contribution in [-0.4, -0.2) is 45.9 Å². The van der Waals surface area contributed by atoms with Crippen molar-refractivity contribution in [3.05, 3.63) is 46.6 Å². The first-order valence-corrected chi connectivity index (χ1v) is 9.07. The normalized spacial score (nSPS) is 15.6. The molecule has 1 fully saturated rings. The Morgan fingerprint density at radius 2 is 1.67 bits per heavy atom. The molecular weight excluding hydrogens is 347 g/mol. The Balaban J connectivity index is 1.58. The minimum Gasteiger partial charge on any atom is -0.368 e. The molecule has 27 heavy (non-hydrogen) atoms. The highest BCUT2D eigenvalue weighted by atomic mass is 19.1. The molecule has 0 amide bonds. The Morgan fingerprint density at radius 1 is 1.04 bits per heavy atom. The van der Waals surface area contributed by atoms with Crippen molar-refractivity contribution in [2.45, 2.75) is 26.3 Å². The maximum atomic E-state index is 13.1. The second kappa shape index (κ2) is 6.37. The average Bonchev–Trinajstić information content (AvgIpc) is 3.07. The number of hydrogen-bond donors (Lipinski definition) is 1. The van der Waals surface area contributed by atoms with Crippen molar-refractivity contribution in [2.24, 2.45) is 0 Å². The van der Waals surface area contributed by atoms with Gasteiger partial charge >= 0.3 is 0 Å². The van der Waals surface area contributed by atoms with Crippen LogP contribution in [0, 0.1) is 5.82 Å². The molecule has 1 N–H and O–H groups in total. The number of nitrogens with zero attached hydrogens (tertiary/aromatic N) is 5. The Bertz CT molecular complexity index is 1010. The summed E-state index contributed by atoms with van der Waals surface area (Å²) in [4.78, 5) is 24.3. The van der Waals surface area contributed by atoms with Crippen molar-refractivity contribution in [3.8, 4) is 0 Å². The van der Waals surface area contributed by atoms with E-state index >= 15 is 0 Å². The first kappa shape index (κ1) is 17.5. The number of halogens is 1. The second-order valence-corrected chi connectivity index (χ2v) is 7.80. The number of hydrogen-bond acceptors (Lipinski definition) is 5. The molecule has 1 aliphatic heterocycles. The lowest BCUT2D eigenvalue weighted by Gasteiger charge is -2.36. The summed E-state index contributed by atoms with van der Waals surface area (Å²) in [5.41, 5.74) is 1.16. The number of nitrogens with one attached hydrogen (secondary N) is 1. The van der Waals surface area contributed by atoms with Gasteiger partial charge in [0.25, 0.3) is 5.56 Å². The van der Waals surface area contributed by atoms with Gasteiger partial charge in [-0.25, -0.2) is 9.07 Å². The van der Waals surface area contributed by atoms with Crippen molar-refractivity contribution in [1.82, 2.24) is 19.7 Å². The summed E-state index contributed by atoms with van der Waals surface area (Å²) in [7, 11) is 0. The minimum atomic E-state index is -0.263. The number of piperazine rings is 1. The van der Waals surface area contributed by atoms with Gasteiger partial charge in [-0.15, -0.1) is 0 Å². The number of anilines is 2. The molecule has 0 atom stereocenters. The number of fused-ring (bicyclic) bond motifs is 1. The van der Waals surface area contributed by atoms with E-state index in [1.807, 2.05) is 20.8 Å². The molecular formula is C19H23FN6O. The Morgan fingerprint density at radius 3 is 2.30 bits per heavy atom. The second-order valence-electron chi connectivity index (χ2n) is 7.80. The molecule has 3 aromatic rings. The molecule has 3 heterocycles. The molecule has 142 valence electrons. The highest BCUT2D eigenvalue weighted by molar-refractivity contribution is 5.74. The fourth-order valence-corrected chi connectivity index (χ4v) is 3.38. The molecule has 0 saturated carbocycles. The molecule has 0 spiro atoms. The predicted molar refractivity (Wildman–Crippen MR) is 104 cm³/mol. The molecule has 1 aromatic carbocycles. The van der Waals surface area contributed by atoms with Crippen LogP contribution in [-0.2, 0) is 5.54 Å². The van der Waals surface area contributed by atoms with E-state index in [0.29, 0.717) is 17.0 Å². The number of rotatable bonds is 2. The van der Waals surface area contributed by atoms with E-state index < -0.39 is 0 Å². The molecule has 7 nitrogen and oxygen atoms in total. The van der Waals surface area contributed by atoms with Crippen molar-refractivity contribution >= 4 is 22.7 Å². The lowest BCUT2D eigenvalue weighted by atomic mass is 10.1. The van der Waals surface area contributed by atoms with Crippen LogP contribution in [0.5, 0.6) is 0 Å². The maximum absolute atomic E-state index is 13.1. The van der Waals surface area contributed by atoms with Crippen LogP contribution in [0.1, 0.15) is 20.8 Å². The zero-order chi connectivity index (χ0) is 19.2. The molecule has 1 saturated heterocycles. The van der Waals surface area contributed by atoms with Crippen LogP contribution in [0.2, 0.25) is 0 Å². The topological polar surface area (TPSA) is 70.1 Å². The van der Waals surface area contributed by atoms with E-state index in [1.54, 1.807) is 23.0 Å². The van der Waals surface area contributed by atoms with Gasteiger partial charge in [0, 0.05) is 31.9 Å². The van der Waals surface area contributed by atoms with E-state index in [-0.39, 0.29) is 16.9 Å². The Labute approximate surface area is 156 Å². The van der Waals surface area contributed by atoms with Gasteiger partial charge in [-0.3, -0.25) is 9.78 Å². The van der Waals surface area contributed by atoms with Crippen LogP contribution in [0.25, 0.3) is 11.0 Å². The van der Waals surface area contributed by atoms with Gasteiger partial charge in [-0.2, -0.15) is 10.1 Å². The van der Waals surface area contributed by atoms with Gasteiger partial charge in [0.15, 0.2) is 5.65 Å². The van der Waals surface area contributed by atoms with Gasteiger partial charge in [-0.1, -0.05) is 0 Å². The lowest BCUT2D eigenvalue weighted by Crippen LogP contribution is -2.47. The first-order valence-electron chi connectivity index (χ1n) is 9.07. The number of H-pyrrole nitrogens is 1. The molecule has 0 unspecified atom stereocenters. The summed E-state index contributed by atoms with van der Waals surface area (Å²) in [5, 5.41) is 4.85. The Hall–Kier alpha value is -2.90. The zero-order valence-electron chi connectivity index (χ0n) is 15.7. The van der Waals surface area contributed by atoms with Crippen molar-refractivity contribution in [3.63, 3.8) is 0 Å². The van der Waals surface area contributed by atoms with Gasteiger partial charge in [-0.05, 0) is 45.0 Å². The average molecular weight is 370 g/mol. The third-order valence-electron chi connectivity index (χ3n) is 4.83. The third-order valence-corrected chi connectivity index (χ3v) is 4.83. The van der Waals surface area contributed by atoms with Crippen LogP contribution in [0.3, 0.4) is 0 Å². The largest absolute Gasteiger partial charge is 0.368 e. The summed E-state index contributed by atoms with van der Waals surface area (Å²) in [6, 6.07) is 6.53. The number of aromatic nitrogens is 4.